The highest BCUT2D eigenvalue weighted by Crippen LogP contribution is 2.21. The molecule has 0 radical (unpaired) electrons. The summed E-state index contributed by atoms with van der Waals surface area (Å²) in [5.74, 6) is 0. The van der Waals surface area contributed by atoms with Crippen LogP contribution in [0.4, 0.5) is 13.2 Å². The molecule has 0 saturated carbocycles. The molecular formula is C8H11F3N2O2S. The van der Waals surface area contributed by atoms with Crippen molar-refractivity contribution in [3.63, 3.8) is 0 Å². The zero-order valence-corrected chi connectivity index (χ0v) is 9.43. The number of aryl methyl sites for hydroxylation is 1. The summed E-state index contributed by atoms with van der Waals surface area (Å²) < 4.78 is 62.5. The molecule has 1 atom stereocenters. The zero-order valence-electron chi connectivity index (χ0n) is 8.62. The Bertz CT molecular complexity index is 464. The Balaban J connectivity index is 2.89. The minimum absolute atomic E-state index is 0.189. The van der Waals surface area contributed by atoms with Crippen molar-refractivity contribution in [1.82, 2.24) is 9.29 Å². The molecule has 0 amide bonds. The molecule has 1 aromatic rings. The van der Waals surface area contributed by atoms with E-state index in [1.807, 2.05) is 0 Å². The standard InChI is InChI=1S/C8H11F3N2O2S/c1-6(8(9,10)11)12-16(14,15)7-3-4-13(2)5-7/h3-6,12H,1-2H3/t6-/m0/s1. The van der Waals surface area contributed by atoms with Crippen LogP contribution in [0.15, 0.2) is 23.4 Å². The van der Waals surface area contributed by atoms with Gasteiger partial charge in [-0.3, -0.25) is 0 Å². The minimum Gasteiger partial charge on any atom is -0.356 e. The molecule has 1 rings (SSSR count). The molecule has 4 nitrogen and oxygen atoms in total. The van der Waals surface area contributed by atoms with Gasteiger partial charge in [0.15, 0.2) is 0 Å². The van der Waals surface area contributed by atoms with Crippen LogP contribution in [0.2, 0.25) is 0 Å². The van der Waals surface area contributed by atoms with Crippen molar-refractivity contribution in [3.05, 3.63) is 18.5 Å². The summed E-state index contributed by atoms with van der Waals surface area (Å²) in [6, 6.07) is -0.886. The number of nitrogens with zero attached hydrogens (tertiary/aromatic N) is 1. The molecule has 0 unspecified atom stereocenters. The number of hydrogen-bond donors (Lipinski definition) is 1. The van der Waals surface area contributed by atoms with Gasteiger partial charge in [-0.2, -0.15) is 17.9 Å². The lowest BCUT2D eigenvalue weighted by Crippen LogP contribution is -2.42. The number of rotatable bonds is 3. The monoisotopic (exact) mass is 256 g/mol. The van der Waals surface area contributed by atoms with Gasteiger partial charge < -0.3 is 4.57 Å². The van der Waals surface area contributed by atoms with Crippen molar-refractivity contribution in [3.8, 4) is 0 Å². The summed E-state index contributed by atoms with van der Waals surface area (Å²) in [5, 5.41) is 0. The second kappa shape index (κ2) is 4.10. The van der Waals surface area contributed by atoms with Crippen LogP contribution in [-0.2, 0) is 17.1 Å². The van der Waals surface area contributed by atoms with Crippen molar-refractivity contribution >= 4 is 10.0 Å². The van der Waals surface area contributed by atoms with E-state index in [2.05, 4.69) is 0 Å². The summed E-state index contributed by atoms with van der Waals surface area (Å²) in [4.78, 5) is -0.189. The van der Waals surface area contributed by atoms with Crippen LogP contribution >= 0.6 is 0 Å². The first-order chi connectivity index (χ1) is 7.13. The maximum Gasteiger partial charge on any atom is 0.404 e. The van der Waals surface area contributed by atoms with Crippen LogP contribution in [0.1, 0.15) is 6.92 Å². The molecule has 0 saturated heterocycles. The molecule has 0 fully saturated rings. The third-order valence-electron chi connectivity index (χ3n) is 1.94. The van der Waals surface area contributed by atoms with E-state index < -0.39 is 22.2 Å². The zero-order chi connectivity index (χ0) is 12.6. The van der Waals surface area contributed by atoms with Crippen molar-refractivity contribution < 1.29 is 21.6 Å². The largest absolute Gasteiger partial charge is 0.404 e. The fraction of sp³-hybridized carbons (Fsp3) is 0.500. The number of sulfonamides is 1. The SMILES string of the molecule is C[C@H](NS(=O)(=O)c1ccn(C)c1)C(F)(F)F. The average Bonchev–Trinajstić information content (AvgIpc) is 2.49. The predicted octanol–water partition coefficient (Wildman–Crippen LogP) is 1.25. The highest BCUT2D eigenvalue weighted by molar-refractivity contribution is 7.89. The van der Waals surface area contributed by atoms with E-state index in [0.29, 0.717) is 0 Å². The molecule has 1 N–H and O–H groups in total. The molecule has 92 valence electrons. The fourth-order valence-electron chi connectivity index (χ4n) is 1.00. The van der Waals surface area contributed by atoms with Gasteiger partial charge in [0.2, 0.25) is 10.0 Å². The van der Waals surface area contributed by atoms with Crippen molar-refractivity contribution in [1.29, 1.82) is 0 Å². The van der Waals surface area contributed by atoms with Gasteiger partial charge in [0.05, 0.1) is 4.90 Å². The van der Waals surface area contributed by atoms with E-state index in [9.17, 15) is 21.6 Å². The van der Waals surface area contributed by atoms with Gasteiger partial charge in [-0.15, -0.1) is 0 Å². The molecular weight excluding hydrogens is 245 g/mol. The van der Waals surface area contributed by atoms with Crippen LogP contribution in [0.3, 0.4) is 0 Å². The molecule has 0 aliphatic heterocycles. The van der Waals surface area contributed by atoms with Crippen LogP contribution in [0.5, 0.6) is 0 Å². The van der Waals surface area contributed by atoms with E-state index >= 15 is 0 Å². The summed E-state index contributed by atoms with van der Waals surface area (Å²) in [6.45, 7) is 0.750. The van der Waals surface area contributed by atoms with Crippen molar-refractivity contribution in [2.75, 3.05) is 0 Å². The number of aromatic nitrogens is 1. The quantitative estimate of drug-likeness (QED) is 0.885. The van der Waals surface area contributed by atoms with Crippen LogP contribution < -0.4 is 4.72 Å². The third kappa shape index (κ3) is 2.99. The number of halogens is 3. The van der Waals surface area contributed by atoms with E-state index in [-0.39, 0.29) is 4.90 Å². The first-order valence-electron chi connectivity index (χ1n) is 4.34. The molecule has 0 spiro atoms. The van der Waals surface area contributed by atoms with E-state index in [0.717, 1.165) is 6.92 Å². The molecule has 0 bridgehead atoms. The second-order valence-corrected chi connectivity index (χ2v) is 5.11. The minimum atomic E-state index is -4.60. The summed E-state index contributed by atoms with van der Waals surface area (Å²) >= 11 is 0. The van der Waals surface area contributed by atoms with Crippen LogP contribution in [0.25, 0.3) is 0 Å². The van der Waals surface area contributed by atoms with E-state index in [1.165, 1.54) is 23.0 Å². The number of hydrogen-bond acceptors (Lipinski definition) is 2. The van der Waals surface area contributed by atoms with Gasteiger partial charge in [-0.05, 0) is 13.0 Å². The van der Waals surface area contributed by atoms with Gasteiger partial charge in [0, 0.05) is 19.4 Å². The lowest BCUT2D eigenvalue weighted by atomic mass is 10.4. The summed E-state index contributed by atoms with van der Waals surface area (Å²) in [5.41, 5.74) is 0. The van der Waals surface area contributed by atoms with Gasteiger partial charge >= 0.3 is 6.18 Å². The molecule has 0 aliphatic rings. The highest BCUT2D eigenvalue weighted by atomic mass is 32.2. The van der Waals surface area contributed by atoms with Crippen LogP contribution in [-0.4, -0.2) is 25.2 Å². The Morgan fingerprint density at radius 1 is 1.44 bits per heavy atom. The van der Waals surface area contributed by atoms with Crippen molar-refractivity contribution in [2.24, 2.45) is 7.05 Å². The number of alkyl halides is 3. The molecule has 8 heteroatoms. The topological polar surface area (TPSA) is 51.1 Å². The number of nitrogens with one attached hydrogen (secondary N) is 1. The molecule has 16 heavy (non-hydrogen) atoms. The van der Waals surface area contributed by atoms with Crippen LogP contribution in [0, 0.1) is 0 Å². The average molecular weight is 256 g/mol. The van der Waals surface area contributed by atoms with Gasteiger partial charge in [0.25, 0.3) is 0 Å². The fourth-order valence-corrected chi connectivity index (χ4v) is 2.28. The van der Waals surface area contributed by atoms with E-state index in [1.54, 1.807) is 11.8 Å². The molecule has 0 aliphatic carbocycles. The highest BCUT2D eigenvalue weighted by Gasteiger charge is 2.38. The molecule has 1 aromatic heterocycles. The summed E-state index contributed by atoms with van der Waals surface area (Å²) in [7, 11) is -2.54. The Morgan fingerprint density at radius 2 is 2.00 bits per heavy atom. The van der Waals surface area contributed by atoms with E-state index in [4.69, 9.17) is 0 Å². The Morgan fingerprint density at radius 3 is 2.38 bits per heavy atom. The lowest BCUT2D eigenvalue weighted by Gasteiger charge is -2.16. The first-order valence-corrected chi connectivity index (χ1v) is 5.82. The van der Waals surface area contributed by atoms with Gasteiger partial charge in [-0.25, -0.2) is 8.42 Å². The van der Waals surface area contributed by atoms with Gasteiger partial charge in [-0.1, -0.05) is 0 Å². The molecule has 1 heterocycles. The normalized spacial score (nSPS) is 15.1. The van der Waals surface area contributed by atoms with Crippen molar-refractivity contribution in [2.45, 2.75) is 24.0 Å². The maximum atomic E-state index is 12.2. The third-order valence-corrected chi connectivity index (χ3v) is 3.46. The Hall–Kier alpha value is -1.02. The summed E-state index contributed by atoms with van der Waals surface area (Å²) in [6.07, 6.45) is -1.93. The Labute approximate surface area is 91.1 Å². The lowest BCUT2D eigenvalue weighted by molar-refractivity contribution is -0.147. The predicted molar refractivity (Wildman–Crippen MR) is 51.3 cm³/mol. The maximum absolute atomic E-state index is 12.2. The van der Waals surface area contributed by atoms with Gasteiger partial charge in [0.1, 0.15) is 6.04 Å². The first kappa shape index (κ1) is 13.0. The smallest absolute Gasteiger partial charge is 0.356 e. The second-order valence-electron chi connectivity index (χ2n) is 3.40. The molecule has 0 aromatic carbocycles. The Kier molecular flexibility index (Phi) is 3.34.